The lowest BCUT2D eigenvalue weighted by atomic mass is 10.1. The van der Waals surface area contributed by atoms with Crippen LogP contribution in [0.5, 0.6) is 0 Å². The van der Waals surface area contributed by atoms with Gasteiger partial charge in [0.05, 0.1) is 16.1 Å². The number of hydrogen-bond acceptors (Lipinski definition) is 6. The van der Waals surface area contributed by atoms with Crippen LogP contribution in [0, 0.1) is 16.0 Å². The Labute approximate surface area is 178 Å². The Bertz CT molecular complexity index is 957. The monoisotopic (exact) mass is 428 g/mol. The molecule has 0 unspecified atom stereocenters. The number of hydrogen-bond donors (Lipinski definition) is 0. The number of rotatable bonds is 6. The van der Waals surface area contributed by atoms with E-state index in [1.165, 1.54) is 12.1 Å². The summed E-state index contributed by atoms with van der Waals surface area (Å²) < 4.78 is 0. The fraction of sp³-hybridized carbons (Fsp3) is 0.524. The van der Waals surface area contributed by atoms with Crippen molar-refractivity contribution < 1.29 is 24.1 Å². The minimum absolute atomic E-state index is 0.0264. The smallest absolute Gasteiger partial charge is 0.270 e. The van der Waals surface area contributed by atoms with Gasteiger partial charge in [-0.1, -0.05) is 0 Å². The second kappa shape index (κ2) is 8.44. The zero-order valence-corrected chi connectivity index (χ0v) is 17.1. The van der Waals surface area contributed by atoms with Crippen LogP contribution in [-0.2, 0) is 9.59 Å². The van der Waals surface area contributed by atoms with Crippen LogP contribution >= 0.6 is 0 Å². The van der Waals surface area contributed by atoms with Gasteiger partial charge >= 0.3 is 0 Å². The lowest BCUT2D eigenvalue weighted by molar-refractivity contribution is -0.384. The van der Waals surface area contributed by atoms with Crippen LogP contribution in [0.4, 0.5) is 5.69 Å². The summed E-state index contributed by atoms with van der Waals surface area (Å²) in [6.07, 6.45) is 3.16. The van der Waals surface area contributed by atoms with Crippen LogP contribution < -0.4 is 0 Å². The van der Waals surface area contributed by atoms with E-state index >= 15 is 0 Å². The van der Waals surface area contributed by atoms with Crippen LogP contribution in [0.3, 0.4) is 0 Å². The second-order valence-corrected chi connectivity index (χ2v) is 8.19. The average molecular weight is 428 g/mol. The van der Waals surface area contributed by atoms with Crippen molar-refractivity contribution in [3.8, 4) is 0 Å². The molecule has 4 rings (SSSR count). The molecule has 4 amide bonds. The zero-order valence-electron chi connectivity index (χ0n) is 17.1. The number of nitrogens with zero attached hydrogens (tertiary/aromatic N) is 4. The first kappa shape index (κ1) is 21.0. The molecule has 31 heavy (non-hydrogen) atoms. The van der Waals surface area contributed by atoms with Gasteiger partial charge in [-0.3, -0.25) is 34.2 Å². The molecular formula is C21H24N4O6. The maximum absolute atomic E-state index is 12.6. The molecule has 0 spiro atoms. The standard InChI is InChI=1S/C21H24N4O6/c26-18(22-8-2-9-23(12-11-22)19(27)14-4-5-14)3-1-10-24-20(28)16-7-6-15(25(30)31)13-17(16)21(24)29/h6-7,13-14H,1-5,8-12H2. The number of non-ortho nitro benzene ring substituents is 1. The third-order valence-electron chi connectivity index (χ3n) is 6.02. The third kappa shape index (κ3) is 4.28. The van der Waals surface area contributed by atoms with E-state index in [9.17, 15) is 29.3 Å². The Kier molecular flexibility index (Phi) is 5.71. The summed E-state index contributed by atoms with van der Waals surface area (Å²) >= 11 is 0. The van der Waals surface area contributed by atoms with Crippen LogP contribution in [0.25, 0.3) is 0 Å². The van der Waals surface area contributed by atoms with Crippen LogP contribution in [0.15, 0.2) is 18.2 Å². The molecule has 3 aliphatic rings. The van der Waals surface area contributed by atoms with Gasteiger partial charge in [0.1, 0.15) is 0 Å². The van der Waals surface area contributed by atoms with E-state index in [2.05, 4.69) is 0 Å². The molecule has 1 aromatic carbocycles. The number of fused-ring (bicyclic) bond motifs is 1. The largest absolute Gasteiger partial charge is 0.341 e. The highest BCUT2D eigenvalue weighted by Crippen LogP contribution is 2.31. The van der Waals surface area contributed by atoms with Crippen molar-refractivity contribution >= 4 is 29.3 Å². The summed E-state index contributed by atoms with van der Waals surface area (Å²) in [5, 5.41) is 10.9. The first-order valence-electron chi connectivity index (χ1n) is 10.6. The van der Waals surface area contributed by atoms with E-state index in [4.69, 9.17) is 0 Å². The van der Waals surface area contributed by atoms with E-state index in [1.807, 2.05) is 4.90 Å². The zero-order chi connectivity index (χ0) is 22.1. The SMILES string of the molecule is O=C(CCCN1C(=O)c2ccc([N+](=O)[O-])cc2C1=O)N1CCCN(C(=O)C2CC2)CC1. The van der Waals surface area contributed by atoms with Gasteiger partial charge < -0.3 is 9.80 Å². The lowest BCUT2D eigenvalue weighted by Gasteiger charge is -2.22. The van der Waals surface area contributed by atoms with Crippen molar-refractivity contribution in [3.05, 3.63) is 39.4 Å². The fourth-order valence-electron chi connectivity index (χ4n) is 4.12. The highest BCUT2D eigenvalue weighted by atomic mass is 16.6. The number of carbonyl (C=O) groups is 4. The van der Waals surface area contributed by atoms with E-state index in [0.29, 0.717) is 32.6 Å². The molecule has 2 heterocycles. The molecule has 1 saturated carbocycles. The summed E-state index contributed by atoms with van der Waals surface area (Å²) in [7, 11) is 0. The molecule has 0 bridgehead atoms. The highest BCUT2D eigenvalue weighted by molar-refractivity contribution is 6.21. The Hall–Kier alpha value is -3.30. The molecule has 2 aliphatic heterocycles. The van der Waals surface area contributed by atoms with Gasteiger partial charge in [0.15, 0.2) is 0 Å². The molecule has 1 aromatic rings. The predicted octanol–water partition coefficient (Wildman–Crippen LogP) is 1.44. The Morgan fingerprint density at radius 2 is 1.68 bits per heavy atom. The van der Waals surface area contributed by atoms with Crippen molar-refractivity contribution in [1.29, 1.82) is 0 Å². The van der Waals surface area contributed by atoms with Crippen molar-refractivity contribution in [2.45, 2.75) is 32.1 Å². The van der Waals surface area contributed by atoms with E-state index in [0.717, 1.165) is 30.2 Å². The lowest BCUT2D eigenvalue weighted by Crippen LogP contribution is -2.38. The predicted molar refractivity (Wildman–Crippen MR) is 108 cm³/mol. The maximum atomic E-state index is 12.6. The third-order valence-corrected chi connectivity index (χ3v) is 6.02. The van der Waals surface area contributed by atoms with Gasteiger partial charge in [-0.05, 0) is 31.7 Å². The molecule has 0 aromatic heterocycles. The van der Waals surface area contributed by atoms with Crippen LogP contribution in [0.2, 0.25) is 0 Å². The summed E-state index contributed by atoms with van der Waals surface area (Å²) in [6.45, 7) is 2.36. The fourth-order valence-corrected chi connectivity index (χ4v) is 4.12. The van der Waals surface area contributed by atoms with E-state index in [1.54, 1.807) is 4.90 Å². The summed E-state index contributed by atoms with van der Waals surface area (Å²) in [5.74, 6) is -0.761. The minimum atomic E-state index is -0.611. The topological polar surface area (TPSA) is 121 Å². The Balaban J connectivity index is 1.28. The first-order valence-corrected chi connectivity index (χ1v) is 10.6. The molecule has 1 saturated heterocycles. The molecule has 2 fully saturated rings. The van der Waals surface area contributed by atoms with Gasteiger partial charge in [0, 0.05) is 57.2 Å². The number of benzene rings is 1. The highest BCUT2D eigenvalue weighted by Gasteiger charge is 2.37. The average Bonchev–Trinajstić information content (AvgIpc) is 3.59. The molecule has 164 valence electrons. The number of nitro benzene ring substituents is 1. The number of amides is 4. The van der Waals surface area contributed by atoms with E-state index < -0.39 is 16.7 Å². The molecule has 1 aliphatic carbocycles. The Morgan fingerprint density at radius 3 is 2.39 bits per heavy atom. The van der Waals surface area contributed by atoms with Crippen molar-refractivity contribution in [2.75, 3.05) is 32.7 Å². The number of nitro groups is 1. The summed E-state index contributed by atoms with van der Waals surface area (Å²) in [4.78, 5) is 64.8. The molecule has 0 radical (unpaired) electrons. The second-order valence-electron chi connectivity index (χ2n) is 8.19. The molecule has 0 atom stereocenters. The van der Waals surface area contributed by atoms with Crippen LogP contribution in [-0.4, -0.2) is 76.0 Å². The summed E-state index contributed by atoms with van der Waals surface area (Å²) in [6, 6.07) is 3.62. The Morgan fingerprint density at radius 1 is 1.00 bits per heavy atom. The van der Waals surface area contributed by atoms with Crippen molar-refractivity contribution in [1.82, 2.24) is 14.7 Å². The number of carbonyl (C=O) groups excluding carboxylic acids is 4. The molecule has 0 N–H and O–H groups in total. The number of imide groups is 1. The minimum Gasteiger partial charge on any atom is -0.341 e. The first-order chi connectivity index (χ1) is 14.9. The van der Waals surface area contributed by atoms with Gasteiger partial charge in [-0.2, -0.15) is 0 Å². The van der Waals surface area contributed by atoms with Gasteiger partial charge in [0.25, 0.3) is 17.5 Å². The molecule has 10 heteroatoms. The van der Waals surface area contributed by atoms with Crippen LogP contribution in [0.1, 0.15) is 52.8 Å². The van der Waals surface area contributed by atoms with Gasteiger partial charge in [0.2, 0.25) is 11.8 Å². The molecular weight excluding hydrogens is 404 g/mol. The maximum Gasteiger partial charge on any atom is 0.270 e. The van der Waals surface area contributed by atoms with Crippen molar-refractivity contribution in [2.24, 2.45) is 5.92 Å². The summed E-state index contributed by atoms with van der Waals surface area (Å²) in [5.41, 5.74) is -0.0689. The quantitative estimate of drug-likeness (QED) is 0.384. The van der Waals surface area contributed by atoms with Crippen molar-refractivity contribution in [3.63, 3.8) is 0 Å². The normalized spacial score (nSPS) is 18.8. The van der Waals surface area contributed by atoms with Gasteiger partial charge in [-0.25, -0.2) is 0 Å². The van der Waals surface area contributed by atoms with E-state index in [-0.39, 0.29) is 47.5 Å². The molecule has 10 nitrogen and oxygen atoms in total. The van der Waals surface area contributed by atoms with Gasteiger partial charge in [-0.15, -0.1) is 0 Å².